The number of amidine groups is 1. The van der Waals surface area contributed by atoms with E-state index in [0.717, 1.165) is 17.7 Å². The van der Waals surface area contributed by atoms with Gasteiger partial charge in [0.15, 0.2) is 0 Å². The van der Waals surface area contributed by atoms with Gasteiger partial charge in [-0.1, -0.05) is 42.5 Å². The molecule has 104 valence electrons. The molecule has 0 unspecified atom stereocenters. The Hall–Kier alpha value is -2.30. The second-order valence-corrected chi connectivity index (χ2v) is 4.27. The number of hydrogen-bond donors (Lipinski definition) is 1. The summed E-state index contributed by atoms with van der Waals surface area (Å²) in [6, 6.07) is 14.2. The lowest BCUT2D eigenvalue weighted by Crippen LogP contribution is -2.13. The molecule has 0 heterocycles. The van der Waals surface area contributed by atoms with Gasteiger partial charge in [0.25, 0.3) is 0 Å². The Bertz CT molecular complexity index is 604. The van der Waals surface area contributed by atoms with Crippen LogP contribution in [0.3, 0.4) is 0 Å². The van der Waals surface area contributed by atoms with Crippen LogP contribution in [0, 0.1) is 0 Å². The number of nitrogens with zero attached hydrogens (tertiary/aromatic N) is 1. The summed E-state index contributed by atoms with van der Waals surface area (Å²) in [5.41, 5.74) is 6.34. The fourth-order valence-electron chi connectivity index (χ4n) is 1.72. The summed E-state index contributed by atoms with van der Waals surface area (Å²) in [6.45, 7) is 0.116. The summed E-state index contributed by atoms with van der Waals surface area (Å²) in [5.74, 6) is 0.308. The van der Waals surface area contributed by atoms with Crippen LogP contribution in [-0.4, -0.2) is 5.84 Å². The van der Waals surface area contributed by atoms with Gasteiger partial charge in [-0.2, -0.15) is 13.2 Å². The molecule has 0 amide bonds. The van der Waals surface area contributed by atoms with Crippen molar-refractivity contribution in [2.75, 3.05) is 0 Å². The van der Waals surface area contributed by atoms with Crippen molar-refractivity contribution in [2.24, 2.45) is 10.7 Å². The van der Waals surface area contributed by atoms with Gasteiger partial charge in [0.2, 0.25) is 0 Å². The van der Waals surface area contributed by atoms with E-state index in [9.17, 15) is 13.2 Å². The minimum atomic E-state index is -4.34. The van der Waals surface area contributed by atoms with Gasteiger partial charge in [-0.15, -0.1) is 0 Å². The van der Waals surface area contributed by atoms with Crippen LogP contribution in [-0.2, 0) is 12.7 Å². The van der Waals surface area contributed by atoms with Gasteiger partial charge in [-0.05, 0) is 17.7 Å². The van der Waals surface area contributed by atoms with Crippen molar-refractivity contribution in [3.63, 3.8) is 0 Å². The van der Waals surface area contributed by atoms with Gasteiger partial charge in [-0.25, -0.2) is 0 Å². The standard InChI is InChI=1S/C15H13F3N2/c16-15(17,18)13-8-4-5-11(9-13)10-20-14(19)12-6-2-1-3-7-12/h1-9H,10H2,(H2,19,20). The van der Waals surface area contributed by atoms with Gasteiger partial charge in [-0.3, -0.25) is 4.99 Å². The Morgan fingerprint density at radius 3 is 2.35 bits per heavy atom. The highest BCUT2D eigenvalue weighted by Crippen LogP contribution is 2.29. The molecule has 2 rings (SSSR count). The second-order valence-electron chi connectivity index (χ2n) is 4.27. The summed E-state index contributed by atoms with van der Waals surface area (Å²) in [5, 5.41) is 0. The second kappa shape index (κ2) is 5.77. The lowest BCUT2D eigenvalue weighted by atomic mass is 10.1. The van der Waals surface area contributed by atoms with Crippen molar-refractivity contribution in [1.29, 1.82) is 0 Å². The average molecular weight is 278 g/mol. The van der Waals surface area contributed by atoms with E-state index < -0.39 is 11.7 Å². The zero-order chi connectivity index (χ0) is 14.6. The molecule has 5 heteroatoms. The molecular formula is C15H13F3N2. The number of rotatable bonds is 3. The van der Waals surface area contributed by atoms with Crippen LogP contribution in [0.5, 0.6) is 0 Å². The predicted molar refractivity (Wildman–Crippen MR) is 72.3 cm³/mol. The van der Waals surface area contributed by atoms with E-state index in [2.05, 4.69) is 4.99 Å². The van der Waals surface area contributed by atoms with E-state index in [1.165, 1.54) is 6.07 Å². The monoisotopic (exact) mass is 278 g/mol. The van der Waals surface area contributed by atoms with Crippen LogP contribution in [0.25, 0.3) is 0 Å². The van der Waals surface area contributed by atoms with Crippen LogP contribution in [0.1, 0.15) is 16.7 Å². The minimum Gasteiger partial charge on any atom is -0.383 e. The van der Waals surface area contributed by atoms with E-state index in [0.29, 0.717) is 11.4 Å². The zero-order valence-corrected chi connectivity index (χ0v) is 10.6. The highest BCUT2D eigenvalue weighted by atomic mass is 19.4. The molecule has 2 aromatic carbocycles. The quantitative estimate of drug-likeness (QED) is 0.676. The van der Waals surface area contributed by atoms with Crippen molar-refractivity contribution in [2.45, 2.75) is 12.7 Å². The molecule has 0 aliphatic rings. The first-order valence-corrected chi connectivity index (χ1v) is 5.98. The highest BCUT2D eigenvalue weighted by molar-refractivity contribution is 5.97. The molecule has 0 saturated heterocycles. The largest absolute Gasteiger partial charge is 0.416 e. The number of benzene rings is 2. The van der Waals surface area contributed by atoms with Gasteiger partial charge < -0.3 is 5.73 Å². The third kappa shape index (κ3) is 3.60. The zero-order valence-electron chi connectivity index (χ0n) is 10.6. The molecule has 0 radical (unpaired) electrons. The molecule has 0 saturated carbocycles. The van der Waals surface area contributed by atoms with Crippen molar-refractivity contribution >= 4 is 5.84 Å². The van der Waals surface area contributed by atoms with Gasteiger partial charge in [0, 0.05) is 5.56 Å². The van der Waals surface area contributed by atoms with E-state index in [-0.39, 0.29) is 6.54 Å². The highest BCUT2D eigenvalue weighted by Gasteiger charge is 2.30. The molecule has 0 bridgehead atoms. The van der Waals surface area contributed by atoms with Gasteiger partial charge in [0.05, 0.1) is 12.1 Å². The van der Waals surface area contributed by atoms with Gasteiger partial charge in [0.1, 0.15) is 5.84 Å². The average Bonchev–Trinajstić information content (AvgIpc) is 2.45. The van der Waals surface area contributed by atoms with E-state index in [1.54, 1.807) is 18.2 Å². The number of halogens is 3. The first-order chi connectivity index (χ1) is 9.47. The van der Waals surface area contributed by atoms with Crippen LogP contribution >= 0.6 is 0 Å². The molecule has 0 spiro atoms. The summed E-state index contributed by atoms with van der Waals surface area (Å²) in [6.07, 6.45) is -4.34. The summed E-state index contributed by atoms with van der Waals surface area (Å²) < 4.78 is 37.7. The van der Waals surface area contributed by atoms with Crippen molar-refractivity contribution in [3.05, 3.63) is 71.3 Å². The maximum atomic E-state index is 12.6. The minimum absolute atomic E-state index is 0.116. The predicted octanol–water partition coefficient (Wildman–Crippen LogP) is 3.61. The van der Waals surface area contributed by atoms with Gasteiger partial charge >= 0.3 is 6.18 Å². The smallest absolute Gasteiger partial charge is 0.383 e. The topological polar surface area (TPSA) is 38.4 Å². The summed E-state index contributed by atoms with van der Waals surface area (Å²) >= 11 is 0. The number of nitrogens with two attached hydrogens (primary N) is 1. The van der Waals surface area contributed by atoms with Crippen LogP contribution in [0.4, 0.5) is 13.2 Å². The third-order valence-corrected chi connectivity index (χ3v) is 2.76. The van der Waals surface area contributed by atoms with E-state index >= 15 is 0 Å². The first-order valence-electron chi connectivity index (χ1n) is 5.98. The molecule has 0 aliphatic heterocycles. The van der Waals surface area contributed by atoms with Crippen LogP contribution in [0.2, 0.25) is 0 Å². The Labute approximate surface area is 114 Å². The summed E-state index contributed by atoms with van der Waals surface area (Å²) in [4.78, 5) is 4.11. The number of alkyl halides is 3. The maximum Gasteiger partial charge on any atom is 0.416 e. The lowest BCUT2D eigenvalue weighted by Gasteiger charge is -2.07. The lowest BCUT2D eigenvalue weighted by molar-refractivity contribution is -0.137. The molecule has 2 N–H and O–H groups in total. The number of hydrogen-bond acceptors (Lipinski definition) is 1. The van der Waals surface area contributed by atoms with Crippen molar-refractivity contribution in [1.82, 2.24) is 0 Å². The maximum absolute atomic E-state index is 12.6. The van der Waals surface area contributed by atoms with Crippen molar-refractivity contribution < 1.29 is 13.2 Å². The van der Waals surface area contributed by atoms with Crippen LogP contribution < -0.4 is 5.73 Å². The molecule has 0 fully saturated rings. The Balaban J connectivity index is 2.15. The normalized spacial score (nSPS) is 12.4. The summed E-state index contributed by atoms with van der Waals surface area (Å²) in [7, 11) is 0. The molecule has 0 aromatic heterocycles. The van der Waals surface area contributed by atoms with E-state index in [1.807, 2.05) is 18.2 Å². The Kier molecular flexibility index (Phi) is 4.08. The molecule has 0 aliphatic carbocycles. The molecule has 0 atom stereocenters. The molecular weight excluding hydrogens is 265 g/mol. The molecule has 20 heavy (non-hydrogen) atoms. The third-order valence-electron chi connectivity index (χ3n) is 2.76. The van der Waals surface area contributed by atoms with E-state index in [4.69, 9.17) is 5.73 Å². The first kappa shape index (κ1) is 14.1. The SMILES string of the molecule is NC(=NCc1cccc(C(F)(F)F)c1)c1ccccc1. The molecule has 2 nitrogen and oxygen atoms in total. The Morgan fingerprint density at radius 2 is 1.70 bits per heavy atom. The Morgan fingerprint density at radius 1 is 1.00 bits per heavy atom. The van der Waals surface area contributed by atoms with Crippen molar-refractivity contribution in [3.8, 4) is 0 Å². The number of aliphatic imine (C=N–C) groups is 1. The fourth-order valence-corrected chi connectivity index (χ4v) is 1.72. The molecule has 2 aromatic rings. The fraction of sp³-hybridized carbons (Fsp3) is 0.133. The van der Waals surface area contributed by atoms with Crippen LogP contribution in [0.15, 0.2) is 59.6 Å².